The van der Waals surface area contributed by atoms with Gasteiger partial charge in [0.25, 0.3) is 0 Å². The van der Waals surface area contributed by atoms with Crippen LogP contribution in [0.2, 0.25) is 0 Å². The number of hydrogen-bond acceptors (Lipinski definition) is 7. The van der Waals surface area contributed by atoms with Gasteiger partial charge in [0.2, 0.25) is 6.79 Å². The lowest BCUT2D eigenvalue weighted by molar-refractivity contribution is 0.103. The van der Waals surface area contributed by atoms with Crippen molar-refractivity contribution in [1.29, 1.82) is 0 Å². The van der Waals surface area contributed by atoms with E-state index in [1.165, 1.54) is 0 Å². The molecule has 0 aliphatic carbocycles. The average molecular weight is 438 g/mol. The van der Waals surface area contributed by atoms with E-state index in [-0.39, 0.29) is 24.2 Å². The maximum Gasteiger partial charge on any atom is 0.231 e. The average Bonchev–Trinajstić information content (AvgIpc) is 3.27. The molecule has 2 aromatic carbocycles. The molecule has 0 unspecified atom stereocenters. The molecule has 1 fully saturated rings. The van der Waals surface area contributed by atoms with Crippen LogP contribution in [0.25, 0.3) is 0 Å². The van der Waals surface area contributed by atoms with Crippen molar-refractivity contribution < 1.29 is 19.3 Å². The van der Waals surface area contributed by atoms with E-state index in [4.69, 9.17) is 19.2 Å². The molecule has 0 radical (unpaired) electrons. The van der Waals surface area contributed by atoms with E-state index in [2.05, 4.69) is 30.1 Å². The van der Waals surface area contributed by atoms with Crippen LogP contribution in [0, 0.1) is 0 Å². The van der Waals surface area contributed by atoms with Crippen LogP contribution in [0.15, 0.2) is 41.4 Å². The number of phenolic OH excluding ortho intramolecular Hbond substituents is 1. The Hall–Kier alpha value is -2.77. The molecule has 7 heteroatoms. The molecule has 1 saturated heterocycles. The number of para-hydroxylation sites is 1. The first kappa shape index (κ1) is 21.1. The van der Waals surface area contributed by atoms with Gasteiger partial charge in [0.15, 0.2) is 23.0 Å². The van der Waals surface area contributed by atoms with Gasteiger partial charge in [0.1, 0.15) is 5.66 Å². The summed E-state index contributed by atoms with van der Waals surface area (Å²) in [6.45, 7) is 6.70. The number of fused-ring (bicyclic) bond motifs is 1. The number of hydrogen-bond donors (Lipinski definition) is 2. The van der Waals surface area contributed by atoms with Crippen LogP contribution >= 0.6 is 0 Å². The molecule has 2 N–H and O–H groups in total. The molecule has 0 saturated carbocycles. The summed E-state index contributed by atoms with van der Waals surface area (Å²) < 4.78 is 16.5. The van der Waals surface area contributed by atoms with Crippen LogP contribution in [-0.2, 0) is 0 Å². The lowest BCUT2D eigenvalue weighted by Gasteiger charge is -2.46. The van der Waals surface area contributed by atoms with Crippen LogP contribution in [0.4, 0.5) is 0 Å². The second kappa shape index (κ2) is 8.30. The van der Waals surface area contributed by atoms with Gasteiger partial charge in [-0.2, -0.15) is 0 Å². The van der Waals surface area contributed by atoms with Crippen LogP contribution < -0.4 is 19.5 Å². The maximum absolute atomic E-state index is 10.9. The number of ether oxygens (including phenoxy) is 3. The van der Waals surface area contributed by atoms with Crippen LogP contribution in [0.5, 0.6) is 23.0 Å². The number of aromatic hydroxyl groups is 1. The number of aliphatic imine (C=N–C) groups is 1. The fraction of sp³-hybridized carbons (Fsp3) is 0.480. The third-order valence-electron chi connectivity index (χ3n) is 6.88. The van der Waals surface area contributed by atoms with E-state index < -0.39 is 0 Å². The van der Waals surface area contributed by atoms with Crippen molar-refractivity contribution >= 4 is 5.71 Å². The minimum absolute atomic E-state index is 0.0753. The van der Waals surface area contributed by atoms with E-state index in [1.807, 2.05) is 24.3 Å². The molecule has 170 valence electrons. The summed E-state index contributed by atoms with van der Waals surface area (Å²) in [7, 11) is 1.58. The Balaban J connectivity index is 1.52. The topological polar surface area (TPSA) is 75.5 Å². The van der Waals surface area contributed by atoms with Gasteiger partial charge >= 0.3 is 0 Å². The van der Waals surface area contributed by atoms with Crippen molar-refractivity contribution in [2.24, 2.45) is 4.99 Å². The number of benzene rings is 2. The first-order valence-electron chi connectivity index (χ1n) is 11.3. The number of nitrogens with zero attached hydrogens (tertiary/aromatic N) is 2. The monoisotopic (exact) mass is 437 g/mol. The summed E-state index contributed by atoms with van der Waals surface area (Å²) in [6.07, 6.45) is 2.50. The molecule has 5 rings (SSSR count). The Morgan fingerprint density at radius 2 is 1.94 bits per heavy atom. The zero-order valence-electron chi connectivity index (χ0n) is 18.9. The molecule has 1 spiro atoms. The summed E-state index contributed by atoms with van der Waals surface area (Å²) in [6, 6.07) is 12.1. The molecule has 32 heavy (non-hydrogen) atoms. The second-order valence-electron chi connectivity index (χ2n) is 9.09. The quantitative estimate of drug-likeness (QED) is 0.757. The van der Waals surface area contributed by atoms with Crippen LogP contribution in [0.1, 0.15) is 50.3 Å². The smallest absolute Gasteiger partial charge is 0.231 e. The molecule has 3 heterocycles. The maximum atomic E-state index is 10.9. The van der Waals surface area contributed by atoms with Crippen LogP contribution in [0.3, 0.4) is 0 Å². The number of nitrogens with one attached hydrogen (secondary N) is 1. The highest BCUT2D eigenvalue weighted by atomic mass is 16.7. The zero-order valence-corrected chi connectivity index (χ0v) is 18.9. The van der Waals surface area contributed by atoms with Gasteiger partial charge in [-0.3, -0.25) is 10.3 Å². The van der Waals surface area contributed by atoms with Crippen molar-refractivity contribution in [1.82, 2.24) is 10.2 Å². The summed E-state index contributed by atoms with van der Waals surface area (Å²) in [4.78, 5) is 7.78. The fourth-order valence-electron chi connectivity index (χ4n) is 5.00. The predicted octanol–water partition coefficient (Wildman–Crippen LogP) is 3.85. The molecule has 1 atom stereocenters. The number of methoxy groups -OCH3 is 1. The highest BCUT2D eigenvalue weighted by Gasteiger charge is 2.41. The van der Waals surface area contributed by atoms with Crippen molar-refractivity contribution in [2.45, 2.75) is 50.9 Å². The summed E-state index contributed by atoms with van der Waals surface area (Å²) in [5.74, 6) is 2.20. The molecule has 2 aromatic rings. The van der Waals surface area contributed by atoms with Crippen molar-refractivity contribution in [2.75, 3.05) is 27.0 Å². The minimum atomic E-state index is -0.366. The van der Waals surface area contributed by atoms with E-state index in [0.717, 1.165) is 54.3 Å². The molecule has 7 nitrogen and oxygen atoms in total. The normalized spacial score (nSPS) is 22.2. The molecule has 3 aliphatic rings. The Morgan fingerprint density at radius 1 is 1.16 bits per heavy atom. The Kier molecular flexibility index (Phi) is 5.47. The largest absolute Gasteiger partial charge is 0.504 e. The predicted molar refractivity (Wildman–Crippen MR) is 123 cm³/mol. The number of likely N-dealkylation sites (tertiary alicyclic amines) is 1. The Bertz CT molecular complexity index is 1030. The highest BCUT2D eigenvalue weighted by molar-refractivity contribution is 6.02. The van der Waals surface area contributed by atoms with Crippen molar-refractivity contribution in [3.8, 4) is 23.0 Å². The molecule has 3 aliphatic heterocycles. The number of piperidine rings is 1. The Labute approximate surface area is 189 Å². The molecule has 0 aromatic heterocycles. The highest BCUT2D eigenvalue weighted by Crippen LogP contribution is 2.41. The first-order chi connectivity index (χ1) is 15.5. The zero-order chi connectivity index (χ0) is 22.3. The lowest BCUT2D eigenvalue weighted by atomic mass is 9.87. The molecular formula is C25H31N3O4. The minimum Gasteiger partial charge on any atom is -0.504 e. The summed E-state index contributed by atoms with van der Waals surface area (Å²) >= 11 is 0. The first-order valence-corrected chi connectivity index (χ1v) is 11.3. The van der Waals surface area contributed by atoms with Crippen LogP contribution in [-0.4, -0.2) is 54.4 Å². The summed E-state index contributed by atoms with van der Waals surface area (Å²) in [5.41, 5.74) is 2.53. The summed E-state index contributed by atoms with van der Waals surface area (Å²) in [5, 5.41) is 14.7. The van der Waals surface area contributed by atoms with E-state index in [0.29, 0.717) is 18.2 Å². The SMILES string of the molecule is COc1cccc([C@@H]2CC(c3ccc4c(c3)OCO4)=NC3(CCN(C(C)C)CC3)N2)c1O. The molecular weight excluding hydrogens is 406 g/mol. The van der Waals surface area contributed by atoms with Gasteiger partial charge in [0, 0.05) is 42.9 Å². The van der Waals surface area contributed by atoms with Gasteiger partial charge < -0.3 is 24.2 Å². The third-order valence-corrected chi connectivity index (χ3v) is 6.88. The Morgan fingerprint density at radius 3 is 2.69 bits per heavy atom. The van der Waals surface area contributed by atoms with Gasteiger partial charge in [-0.05, 0) is 56.5 Å². The standard InChI is InChI=1S/C25H31N3O4/c1-16(2)28-11-9-25(10-12-28)26-19(17-7-8-21-23(13-17)32-15-31-21)14-20(27-25)18-5-4-6-22(30-3)24(18)29/h4-8,13,16,20,27,29H,9-12,14-15H2,1-3H3/t20-/m0/s1. The lowest BCUT2D eigenvalue weighted by Crippen LogP contribution is -2.56. The van der Waals surface area contributed by atoms with Crippen molar-refractivity contribution in [3.63, 3.8) is 0 Å². The fourth-order valence-corrected chi connectivity index (χ4v) is 5.00. The van der Waals surface area contributed by atoms with E-state index >= 15 is 0 Å². The van der Waals surface area contributed by atoms with Gasteiger partial charge in [-0.1, -0.05) is 12.1 Å². The second-order valence-corrected chi connectivity index (χ2v) is 9.09. The molecule has 0 bridgehead atoms. The van der Waals surface area contributed by atoms with Gasteiger partial charge in [-0.25, -0.2) is 0 Å². The molecule has 0 amide bonds. The van der Waals surface area contributed by atoms with Gasteiger partial charge in [0.05, 0.1) is 7.11 Å². The third kappa shape index (κ3) is 3.80. The number of phenols is 1. The van der Waals surface area contributed by atoms with Crippen molar-refractivity contribution in [3.05, 3.63) is 47.5 Å². The van der Waals surface area contributed by atoms with Gasteiger partial charge in [-0.15, -0.1) is 0 Å². The number of rotatable bonds is 4. The van der Waals surface area contributed by atoms with E-state index in [1.54, 1.807) is 13.2 Å². The van der Waals surface area contributed by atoms with E-state index in [9.17, 15) is 5.11 Å².